The minimum Gasteiger partial charge on any atom is -0.355 e. The number of aryl methyl sites for hydroxylation is 2. The monoisotopic (exact) mass is 462 g/mol. The van der Waals surface area contributed by atoms with Crippen molar-refractivity contribution in [1.29, 1.82) is 0 Å². The number of aliphatic imine (C=N–C) groups is 1. The van der Waals surface area contributed by atoms with Crippen molar-refractivity contribution in [2.45, 2.75) is 53.1 Å². The van der Waals surface area contributed by atoms with Gasteiger partial charge in [-0.3, -0.25) is 14.6 Å². The van der Waals surface area contributed by atoms with Gasteiger partial charge >= 0.3 is 0 Å². The number of guanidine groups is 1. The van der Waals surface area contributed by atoms with Gasteiger partial charge in [0, 0.05) is 44.5 Å². The number of likely N-dealkylation sites (tertiary alicyclic amines) is 1. The molecule has 1 aliphatic rings. The van der Waals surface area contributed by atoms with Gasteiger partial charge in [-0.15, -0.1) is 24.0 Å². The van der Waals surface area contributed by atoms with Crippen molar-refractivity contribution in [3.8, 4) is 0 Å². The van der Waals surface area contributed by atoms with E-state index < -0.39 is 0 Å². The SMILES string of the molecule is CN=C(NCc1c(C)nn(C)c1C)NCC(C(C)C)N1CCCC1.I. The van der Waals surface area contributed by atoms with E-state index in [0.717, 1.165) is 24.7 Å². The molecule has 0 amide bonds. The molecule has 1 unspecified atom stereocenters. The van der Waals surface area contributed by atoms with Gasteiger partial charge < -0.3 is 10.6 Å². The van der Waals surface area contributed by atoms with Crippen LogP contribution in [0.5, 0.6) is 0 Å². The van der Waals surface area contributed by atoms with E-state index >= 15 is 0 Å². The summed E-state index contributed by atoms with van der Waals surface area (Å²) < 4.78 is 1.94. The Morgan fingerprint density at radius 1 is 1.20 bits per heavy atom. The Morgan fingerprint density at radius 2 is 1.84 bits per heavy atom. The lowest BCUT2D eigenvalue weighted by Crippen LogP contribution is -2.48. The molecule has 0 radical (unpaired) electrons. The summed E-state index contributed by atoms with van der Waals surface area (Å²) in [6.45, 7) is 12.9. The second-order valence-electron chi connectivity index (χ2n) is 7.13. The van der Waals surface area contributed by atoms with Crippen LogP contribution >= 0.6 is 24.0 Å². The van der Waals surface area contributed by atoms with Gasteiger partial charge in [-0.25, -0.2) is 0 Å². The molecule has 1 saturated heterocycles. The lowest BCUT2D eigenvalue weighted by Gasteiger charge is -2.31. The summed E-state index contributed by atoms with van der Waals surface area (Å²) in [6.07, 6.45) is 2.66. The van der Waals surface area contributed by atoms with E-state index in [-0.39, 0.29) is 24.0 Å². The second-order valence-corrected chi connectivity index (χ2v) is 7.13. The smallest absolute Gasteiger partial charge is 0.191 e. The minimum absolute atomic E-state index is 0. The van der Waals surface area contributed by atoms with Crippen LogP contribution in [0.25, 0.3) is 0 Å². The number of nitrogens with zero attached hydrogens (tertiary/aromatic N) is 4. The summed E-state index contributed by atoms with van der Waals surface area (Å²) in [5, 5.41) is 11.4. The van der Waals surface area contributed by atoms with Crippen molar-refractivity contribution < 1.29 is 0 Å². The highest BCUT2D eigenvalue weighted by Gasteiger charge is 2.24. The van der Waals surface area contributed by atoms with Crippen LogP contribution < -0.4 is 10.6 Å². The summed E-state index contributed by atoms with van der Waals surface area (Å²) in [6, 6.07) is 0.563. The van der Waals surface area contributed by atoms with Gasteiger partial charge in [-0.1, -0.05) is 13.8 Å². The molecule has 0 spiro atoms. The fourth-order valence-corrected chi connectivity index (χ4v) is 3.53. The molecule has 1 aliphatic heterocycles. The van der Waals surface area contributed by atoms with Gasteiger partial charge in [0.15, 0.2) is 5.96 Å². The topological polar surface area (TPSA) is 57.5 Å². The molecule has 2 heterocycles. The van der Waals surface area contributed by atoms with E-state index in [9.17, 15) is 0 Å². The Labute approximate surface area is 169 Å². The molecule has 7 heteroatoms. The lowest BCUT2D eigenvalue weighted by atomic mass is 10.0. The van der Waals surface area contributed by atoms with E-state index in [0.29, 0.717) is 12.0 Å². The van der Waals surface area contributed by atoms with Gasteiger partial charge in [0.1, 0.15) is 0 Å². The fourth-order valence-electron chi connectivity index (χ4n) is 3.53. The number of aromatic nitrogens is 2. The van der Waals surface area contributed by atoms with E-state index in [4.69, 9.17) is 0 Å². The van der Waals surface area contributed by atoms with Crippen LogP contribution in [0.2, 0.25) is 0 Å². The van der Waals surface area contributed by atoms with Gasteiger partial charge in [-0.05, 0) is 45.7 Å². The molecule has 0 aliphatic carbocycles. The molecule has 2 N–H and O–H groups in total. The van der Waals surface area contributed by atoms with Gasteiger partial charge in [0.05, 0.1) is 5.69 Å². The normalized spacial score (nSPS) is 16.8. The summed E-state index contributed by atoms with van der Waals surface area (Å²) in [7, 11) is 3.82. The van der Waals surface area contributed by atoms with Crippen molar-refractivity contribution in [2.24, 2.45) is 18.0 Å². The predicted molar refractivity (Wildman–Crippen MR) is 116 cm³/mol. The molecule has 144 valence electrons. The highest BCUT2D eigenvalue weighted by Crippen LogP contribution is 2.17. The van der Waals surface area contributed by atoms with E-state index in [1.807, 2.05) is 18.8 Å². The Kier molecular flexibility index (Phi) is 9.20. The molecule has 1 atom stereocenters. The minimum atomic E-state index is 0. The molecule has 0 bridgehead atoms. The van der Waals surface area contributed by atoms with Crippen molar-refractivity contribution in [3.63, 3.8) is 0 Å². The Morgan fingerprint density at radius 3 is 2.32 bits per heavy atom. The molecule has 1 fully saturated rings. The van der Waals surface area contributed by atoms with Gasteiger partial charge in [0.2, 0.25) is 0 Å². The molecule has 0 aromatic carbocycles. The first-order valence-electron chi connectivity index (χ1n) is 9.11. The molecule has 2 rings (SSSR count). The molecule has 1 aromatic rings. The first-order chi connectivity index (χ1) is 11.4. The van der Waals surface area contributed by atoms with Crippen LogP contribution in [0.15, 0.2) is 4.99 Å². The number of hydrogen-bond donors (Lipinski definition) is 2. The average molecular weight is 462 g/mol. The van der Waals surface area contributed by atoms with E-state index in [1.54, 1.807) is 0 Å². The predicted octanol–water partition coefficient (Wildman–Crippen LogP) is 2.44. The zero-order chi connectivity index (χ0) is 17.7. The molecule has 25 heavy (non-hydrogen) atoms. The highest BCUT2D eigenvalue weighted by molar-refractivity contribution is 14.0. The molecule has 1 aromatic heterocycles. The van der Waals surface area contributed by atoms with Crippen molar-refractivity contribution in [2.75, 3.05) is 26.7 Å². The first-order valence-corrected chi connectivity index (χ1v) is 9.11. The summed E-state index contributed by atoms with van der Waals surface area (Å²) in [5.41, 5.74) is 3.53. The first kappa shape index (κ1) is 22.2. The third kappa shape index (κ3) is 5.84. The second kappa shape index (κ2) is 10.4. The third-order valence-electron chi connectivity index (χ3n) is 5.17. The number of hydrogen-bond acceptors (Lipinski definition) is 3. The molecular weight excluding hydrogens is 427 g/mol. The molecule has 0 saturated carbocycles. The fraction of sp³-hybridized carbons (Fsp3) is 0.778. The van der Waals surface area contributed by atoms with Gasteiger partial charge in [0.25, 0.3) is 0 Å². The maximum absolute atomic E-state index is 4.47. The van der Waals surface area contributed by atoms with Crippen molar-refractivity contribution in [3.05, 3.63) is 17.0 Å². The van der Waals surface area contributed by atoms with Crippen LogP contribution in [0, 0.1) is 19.8 Å². The van der Waals surface area contributed by atoms with Crippen LogP contribution in [0.1, 0.15) is 43.6 Å². The molecule has 6 nitrogen and oxygen atoms in total. The summed E-state index contributed by atoms with van der Waals surface area (Å²) in [4.78, 5) is 6.99. The van der Waals surface area contributed by atoms with Crippen molar-refractivity contribution in [1.82, 2.24) is 25.3 Å². The quantitative estimate of drug-likeness (QED) is 0.388. The lowest BCUT2D eigenvalue weighted by molar-refractivity contribution is 0.192. The number of nitrogens with one attached hydrogen (secondary N) is 2. The standard InChI is InChI=1S/C18H34N6.HI/c1-13(2)17(24-9-7-8-10-24)12-21-18(19-5)20-11-16-14(3)22-23(6)15(16)4;/h13,17H,7-12H2,1-6H3,(H2,19,20,21);1H. The maximum Gasteiger partial charge on any atom is 0.191 e. The van der Waals surface area contributed by atoms with Crippen LogP contribution in [0.4, 0.5) is 0 Å². The largest absolute Gasteiger partial charge is 0.355 e. The van der Waals surface area contributed by atoms with Gasteiger partial charge in [-0.2, -0.15) is 5.10 Å². The van der Waals surface area contributed by atoms with Crippen LogP contribution in [-0.2, 0) is 13.6 Å². The number of rotatable bonds is 6. The summed E-state index contributed by atoms with van der Waals surface area (Å²) >= 11 is 0. The Bertz CT molecular complexity index is 560. The summed E-state index contributed by atoms with van der Waals surface area (Å²) in [5.74, 6) is 1.50. The van der Waals surface area contributed by atoms with Crippen LogP contribution in [-0.4, -0.2) is 53.4 Å². The maximum atomic E-state index is 4.47. The Hall–Kier alpha value is -0.830. The van der Waals surface area contributed by atoms with E-state index in [2.05, 4.69) is 53.3 Å². The average Bonchev–Trinajstić information content (AvgIpc) is 3.13. The van der Waals surface area contributed by atoms with Crippen LogP contribution in [0.3, 0.4) is 0 Å². The number of halogens is 1. The van der Waals surface area contributed by atoms with E-state index in [1.165, 1.54) is 37.2 Å². The van der Waals surface area contributed by atoms with Crippen molar-refractivity contribution >= 4 is 29.9 Å². The third-order valence-corrected chi connectivity index (χ3v) is 5.17. The zero-order valence-electron chi connectivity index (χ0n) is 16.6. The molecular formula is C18H35IN6. The zero-order valence-corrected chi connectivity index (χ0v) is 18.9. The Balaban J connectivity index is 0.00000312. The highest BCUT2D eigenvalue weighted by atomic mass is 127.